The molecule has 2 rings (SSSR count). The number of hydrogen-bond donors (Lipinski definition) is 2. The molecule has 1 saturated carbocycles. The Bertz CT molecular complexity index is 286. The van der Waals surface area contributed by atoms with Gasteiger partial charge in [-0.2, -0.15) is 0 Å². The molecule has 1 aliphatic heterocycles. The van der Waals surface area contributed by atoms with Crippen LogP contribution in [0.4, 0.5) is 0 Å². The predicted molar refractivity (Wildman–Crippen MR) is 61.4 cm³/mol. The van der Waals surface area contributed by atoms with Crippen molar-refractivity contribution in [3.8, 4) is 0 Å². The van der Waals surface area contributed by atoms with E-state index >= 15 is 0 Å². The lowest BCUT2D eigenvalue weighted by molar-refractivity contribution is -0.139. The van der Waals surface area contributed by atoms with Crippen LogP contribution in [0.15, 0.2) is 0 Å². The van der Waals surface area contributed by atoms with Gasteiger partial charge in [0.1, 0.15) is 0 Å². The molecule has 0 aromatic heterocycles. The summed E-state index contributed by atoms with van der Waals surface area (Å²) < 4.78 is 5.22. The van der Waals surface area contributed by atoms with Crippen molar-refractivity contribution in [3.63, 3.8) is 0 Å². The van der Waals surface area contributed by atoms with Gasteiger partial charge in [-0.1, -0.05) is 0 Å². The Hall–Kier alpha value is -1.14. The summed E-state index contributed by atoms with van der Waals surface area (Å²) in [5.41, 5.74) is 0. The van der Waals surface area contributed by atoms with Crippen LogP contribution in [-0.4, -0.2) is 62.1 Å². The Morgan fingerprint density at radius 2 is 1.88 bits per heavy atom. The first-order chi connectivity index (χ1) is 8.25. The van der Waals surface area contributed by atoms with Gasteiger partial charge in [-0.15, -0.1) is 0 Å². The average Bonchev–Trinajstić information content (AvgIpc) is 3.14. The molecule has 2 N–H and O–H groups in total. The number of nitrogens with zero attached hydrogens (tertiary/aromatic N) is 1. The fourth-order valence-corrected chi connectivity index (χ4v) is 1.71. The Labute approximate surface area is 101 Å². The van der Waals surface area contributed by atoms with Crippen LogP contribution in [0.25, 0.3) is 0 Å². The minimum absolute atomic E-state index is 0.229. The number of morpholine rings is 1. The number of carbonyl (C=O) groups is 2. The molecule has 17 heavy (non-hydrogen) atoms. The van der Waals surface area contributed by atoms with Gasteiger partial charge in [-0.3, -0.25) is 14.5 Å². The summed E-state index contributed by atoms with van der Waals surface area (Å²) in [6, 6.07) is 0.229. The molecule has 0 aromatic rings. The second kappa shape index (κ2) is 5.97. The lowest BCUT2D eigenvalue weighted by Gasteiger charge is -2.26. The Morgan fingerprint density at radius 3 is 2.53 bits per heavy atom. The van der Waals surface area contributed by atoms with E-state index < -0.39 is 11.8 Å². The van der Waals surface area contributed by atoms with E-state index in [2.05, 4.69) is 15.5 Å². The summed E-state index contributed by atoms with van der Waals surface area (Å²) >= 11 is 0. The molecule has 2 fully saturated rings. The summed E-state index contributed by atoms with van der Waals surface area (Å²) in [4.78, 5) is 24.9. The molecule has 0 bridgehead atoms. The van der Waals surface area contributed by atoms with Crippen molar-refractivity contribution in [2.75, 3.05) is 39.4 Å². The van der Waals surface area contributed by atoms with Gasteiger partial charge in [0, 0.05) is 32.2 Å². The Balaban J connectivity index is 1.56. The van der Waals surface area contributed by atoms with Crippen LogP contribution in [0.3, 0.4) is 0 Å². The second-order valence-electron chi connectivity index (χ2n) is 4.46. The van der Waals surface area contributed by atoms with Crippen molar-refractivity contribution < 1.29 is 14.3 Å². The molecule has 2 amide bonds. The van der Waals surface area contributed by atoms with Gasteiger partial charge < -0.3 is 15.4 Å². The summed E-state index contributed by atoms with van der Waals surface area (Å²) in [6.07, 6.45) is 1.99. The normalized spacial score (nSPS) is 20.9. The summed E-state index contributed by atoms with van der Waals surface area (Å²) in [5.74, 6) is -1.03. The van der Waals surface area contributed by atoms with Gasteiger partial charge in [0.25, 0.3) is 0 Å². The molecule has 0 aromatic carbocycles. The average molecular weight is 241 g/mol. The maximum Gasteiger partial charge on any atom is 0.309 e. The first-order valence-corrected chi connectivity index (χ1v) is 6.14. The zero-order valence-electron chi connectivity index (χ0n) is 9.91. The number of carbonyl (C=O) groups excluding carboxylic acids is 2. The zero-order chi connectivity index (χ0) is 12.1. The topological polar surface area (TPSA) is 70.7 Å². The molecule has 1 saturated heterocycles. The molecule has 2 aliphatic rings. The molecule has 0 atom stereocenters. The van der Waals surface area contributed by atoms with Crippen molar-refractivity contribution in [2.45, 2.75) is 18.9 Å². The van der Waals surface area contributed by atoms with Gasteiger partial charge in [0.15, 0.2) is 0 Å². The third-order valence-corrected chi connectivity index (χ3v) is 2.94. The fourth-order valence-electron chi connectivity index (χ4n) is 1.71. The lowest BCUT2D eigenvalue weighted by Crippen LogP contribution is -2.45. The maximum atomic E-state index is 11.4. The highest BCUT2D eigenvalue weighted by Crippen LogP contribution is 2.18. The van der Waals surface area contributed by atoms with E-state index in [1.54, 1.807) is 0 Å². The van der Waals surface area contributed by atoms with Crippen molar-refractivity contribution in [1.82, 2.24) is 15.5 Å². The molecule has 6 heteroatoms. The number of ether oxygens (including phenoxy) is 1. The smallest absolute Gasteiger partial charge is 0.309 e. The Kier molecular flexibility index (Phi) is 4.33. The molecular formula is C11H19N3O3. The van der Waals surface area contributed by atoms with Gasteiger partial charge in [-0.25, -0.2) is 0 Å². The van der Waals surface area contributed by atoms with Crippen LogP contribution >= 0.6 is 0 Å². The van der Waals surface area contributed by atoms with Gasteiger partial charge in [0.2, 0.25) is 0 Å². The molecule has 1 heterocycles. The largest absolute Gasteiger partial charge is 0.379 e. The van der Waals surface area contributed by atoms with E-state index in [1.807, 2.05) is 0 Å². The van der Waals surface area contributed by atoms with Gasteiger partial charge in [-0.05, 0) is 12.8 Å². The highest BCUT2D eigenvalue weighted by atomic mass is 16.5. The quantitative estimate of drug-likeness (QED) is 0.601. The van der Waals surface area contributed by atoms with E-state index in [0.29, 0.717) is 6.54 Å². The zero-order valence-corrected chi connectivity index (χ0v) is 9.91. The van der Waals surface area contributed by atoms with E-state index in [9.17, 15) is 9.59 Å². The maximum absolute atomic E-state index is 11.4. The van der Waals surface area contributed by atoms with Crippen molar-refractivity contribution in [1.29, 1.82) is 0 Å². The number of amides is 2. The summed E-state index contributed by atoms with van der Waals surface area (Å²) in [7, 11) is 0. The molecule has 0 unspecified atom stereocenters. The highest BCUT2D eigenvalue weighted by Gasteiger charge is 2.26. The van der Waals surface area contributed by atoms with Crippen LogP contribution in [0.2, 0.25) is 0 Å². The molecule has 0 spiro atoms. The highest BCUT2D eigenvalue weighted by molar-refractivity contribution is 6.35. The van der Waals surface area contributed by atoms with Crippen LogP contribution in [0, 0.1) is 0 Å². The van der Waals surface area contributed by atoms with Crippen molar-refractivity contribution in [3.05, 3.63) is 0 Å². The third kappa shape index (κ3) is 4.32. The van der Waals surface area contributed by atoms with E-state index in [-0.39, 0.29) is 6.04 Å². The van der Waals surface area contributed by atoms with E-state index in [1.165, 1.54) is 0 Å². The number of hydrogen-bond acceptors (Lipinski definition) is 4. The number of nitrogens with one attached hydrogen (secondary N) is 2. The minimum Gasteiger partial charge on any atom is -0.379 e. The van der Waals surface area contributed by atoms with Crippen LogP contribution < -0.4 is 10.6 Å². The van der Waals surface area contributed by atoms with Crippen molar-refractivity contribution in [2.24, 2.45) is 0 Å². The van der Waals surface area contributed by atoms with E-state index in [0.717, 1.165) is 45.7 Å². The lowest BCUT2D eigenvalue weighted by atomic mass is 10.4. The monoisotopic (exact) mass is 241 g/mol. The molecule has 1 aliphatic carbocycles. The van der Waals surface area contributed by atoms with Crippen molar-refractivity contribution >= 4 is 11.8 Å². The van der Waals surface area contributed by atoms with Gasteiger partial charge in [0.05, 0.1) is 13.2 Å². The molecule has 0 radical (unpaired) electrons. The summed E-state index contributed by atoms with van der Waals surface area (Å²) in [6.45, 7) is 4.56. The van der Waals surface area contributed by atoms with Crippen LogP contribution in [0.5, 0.6) is 0 Å². The van der Waals surface area contributed by atoms with Crippen LogP contribution in [0.1, 0.15) is 12.8 Å². The standard InChI is InChI=1S/C11H19N3O3/c15-10(11(16)13-9-1-2-9)12-3-4-14-5-7-17-8-6-14/h9H,1-8H2,(H,12,15)(H,13,16). The molecular weight excluding hydrogens is 222 g/mol. The first kappa shape index (κ1) is 12.3. The van der Waals surface area contributed by atoms with E-state index in [4.69, 9.17) is 4.74 Å². The second-order valence-corrected chi connectivity index (χ2v) is 4.46. The SMILES string of the molecule is O=C(NCCN1CCOCC1)C(=O)NC1CC1. The Morgan fingerprint density at radius 1 is 1.18 bits per heavy atom. The minimum atomic E-state index is -0.523. The molecule has 96 valence electrons. The van der Waals surface area contributed by atoms with Crippen LogP contribution in [-0.2, 0) is 14.3 Å². The number of rotatable bonds is 4. The summed E-state index contributed by atoms with van der Waals surface area (Å²) in [5, 5.41) is 5.29. The first-order valence-electron chi connectivity index (χ1n) is 6.14. The van der Waals surface area contributed by atoms with Gasteiger partial charge >= 0.3 is 11.8 Å². The fraction of sp³-hybridized carbons (Fsp3) is 0.818. The molecule has 6 nitrogen and oxygen atoms in total. The predicted octanol–water partition coefficient (Wildman–Crippen LogP) is -1.29. The third-order valence-electron chi connectivity index (χ3n) is 2.94.